The van der Waals surface area contributed by atoms with Crippen LogP contribution in [0, 0.1) is 0 Å². The summed E-state index contributed by atoms with van der Waals surface area (Å²) in [5.41, 5.74) is 6.02. The number of aliphatic hydroxyl groups excluding tert-OH is 4. The van der Waals surface area contributed by atoms with Crippen molar-refractivity contribution in [3.05, 3.63) is 24.3 Å². The molecule has 0 saturated carbocycles. The fourth-order valence-electron chi connectivity index (χ4n) is 1.93. The van der Waals surface area contributed by atoms with Gasteiger partial charge in [-0.1, -0.05) is 12.1 Å². The van der Waals surface area contributed by atoms with Crippen molar-refractivity contribution in [3.8, 4) is 5.75 Å². The topological polar surface area (TPSA) is 125 Å². The van der Waals surface area contributed by atoms with Crippen molar-refractivity contribution >= 4 is 5.69 Å². The number of para-hydroxylation sites is 2. The minimum Gasteiger partial charge on any atom is -0.480 e. The molecular formula is C12H17NO6. The molecule has 0 amide bonds. The van der Waals surface area contributed by atoms with Crippen molar-refractivity contribution < 1.29 is 29.9 Å². The first kappa shape index (κ1) is 14.0. The van der Waals surface area contributed by atoms with E-state index in [1.807, 2.05) is 0 Å². The molecule has 0 spiro atoms. The second-order valence-electron chi connectivity index (χ2n) is 4.35. The molecule has 106 valence electrons. The zero-order valence-corrected chi connectivity index (χ0v) is 10.1. The third kappa shape index (κ3) is 2.80. The second-order valence-corrected chi connectivity index (χ2v) is 4.35. The Morgan fingerprint density at radius 2 is 1.84 bits per heavy atom. The maximum atomic E-state index is 9.89. The van der Waals surface area contributed by atoms with Gasteiger partial charge in [-0.15, -0.1) is 0 Å². The summed E-state index contributed by atoms with van der Waals surface area (Å²) >= 11 is 0. The van der Waals surface area contributed by atoms with Gasteiger partial charge >= 0.3 is 0 Å². The highest BCUT2D eigenvalue weighted by Gasteiger charge is 2.45. The zero-order valence-electron chi connectivity index (χ0n) is 10.1. The Morgan fingerprint density at radius 1 is 1.16 bits per heavy atom. The van der Waals surface area contributed by atoms with Crippen LogP contribution in [0.25, 0.3) is 0 Å². The molecule has 0 aromatic heterocycles. The van der Waals surface area contributed by atoms with Crippen LogP contribution in [-0.4, -0.2) is 57.7 Å². The zero-order chi connectivity index (χ0) is 14.0. The van der Waals surface area contributed by atoms with E-state index in [9.17, 15) is 15.3 Å². The summed E-state index contributed by atoms with van der Waals surface area (Å²) in [4.78, 5) is 0. The minimum atomic E-state index is -1.48. The van der Waals surface area contributed by atoms with E-state index < -0.39 is 37.3 Å². The summed E-state index contributed by atoms with van der Waals surface area (Å²) in [6, 6.07) is 6.56. The maximum Gasteiger partial charge on any atom is 0.195 e. The van der Waals surface area contributed by atoms with E-state index in [1.54, 1.807) is 24.3 Å². The van der Waals surface area contributed by atoms with Crippen molar-refractivity contribution in [2.24, 2.45) is 0 Å². The van der Waals surface area contributed by atoms with Crippen LogP contribution in [0.3, 0.4) is 0 Å². The Labute approximate surface area is 109 Å². The number of rotatable bonds is 3. The van der Waals surface area contributed by atoms with Crippen LogP contribution in [-0.2, 0) is 4.74 Å². The molecule has 1 aromatic rings. The van der Waals surface area contributed by atoms with Gasteiger partial charge in [0.1, 0.15) is 24.1 Å². The number of nitrogens with two attached hydrogens (primary N) is 1. The van der Waals surface area contributed by atoms with Gasteiger partial charge in [0.25, 0.3) is 0 Å². The van der Waals surface area contributed by atoms with Crippen molar-refractivity contribution in [2.75, 3.05) is 12.3 Å². The van der Waals surface area contributed by atoms with Crippen LogP contribution < -0.4 is 10.5 Å². The number of benzene rings is 1. The molecule has 0 unspecified atom stereocenters. The van der Waals surface area contributed by atoms with Gasteiger partial charge in [-0.2, -0.15) is 0 Å². The Balaban J connectivity index is 2.14. The number of anilines is 1. The molecule has 1 aromatic carbocycles. The fraction of sp³-hybridized carbons (Fsp3) is 0.500. The lowest BCUT2D eigenvalue weighted by Crippen LogP contribution is -2.60. The molecule has 1 aliphatic heterocycles. The van der Waals surface area contributed by atoms with E-state index in [4.69, 9.17) is 20.3 Å². The van der Waals surface area contributed by atoms with Gasteiger partial charge in [0.2, 0.25) is 0 Å². The van der Waals surface area contributed by atoms with Crippen molar-refractivity contribution in [1.29, 1.82) is 0 Å². The molecule has 0 radical (unpaired) electrons. The highest BCUT2D eigenvalue weighted by atomic mass is 16.7. The molecule has 1 fully saturated rings. The van der Waals surface area contributed by atoms with Crippen LogP contribution in [0.5, 0.6) is 5.75 Å². The highest BCUT2D eigenvalue weighted by molar-refractivity contribution is 5.51. The summed E-state index contributed by atoms with van der Waals surface area (Å²) in [5, 5.41) is 38.3. The van der Waals surface area contributed by atoms with Gasteiger partial charge in [-0.25, -0.2) is 0 Å². The lowest BCUT2D eigenvalue weighted by Gasteiger charge is -2.39. The molecule has 7 heteroatoms. The van der Waals surface area contributed by atoms with Crippen LogP contribution >= 0.6 is 0 Å². The largest absolute Gasteiger partial charge is 0.480 e. The van der Waals surface area contributed by atoms with Crippen LogP contribution in [0.4, 0.5) is 5.69 Å². The quantitative estimate of drug-likeness (QED) is 0.421. The molecule has 19 heavy (non-hydrogen) atoms. The smallest absolute Gasteiger partial charge is 0.195 e. The monoisotopic (exact) mass is 271 g/mol. The van der Waals surface area contributed by atoms with Gasteiger partial charge < -0.3 is 35.6 Å². The van der Waals surface area contributed by atoms with Crippen molar-refractivity contribution in [3.63, 3.8) is 0 Å². The van der Waals surface area contributed by atoms with Crippen molar-refractivity contribution in [2.45, 2.75) is 30.7 Å². The SMILES string of the molecule is Nc1ccccc1O[C@@H]1[C@@H](O)[C@@H](O)[C@@H](CO)O[C@H]1O. The molecule has 6 N–H and O–H groups in total. The standard InChI is InChI=1S/C12H17NO6/c13-6-3-1-2-4-7(6)18-11-10(16)9(15)8(5-14)19-12(11)17/h1-4,8-12,14-17H,5,13H2/t8-,9+,10+,11-,12-/m1/s1. The van der Waals surface area contributed by atoms with E-state index in [0.29, 0.717) is 5.69 Å². The second kappa shape index (κ2) is 5.72. The average molecular weight is 271 g/mol. The van der Waals surface area contributed by atoms with Gasteiger partial charge in [0.15, 0.2) is 12.4 Å². The van der Waals surface area contributed by atoms with E-state index in [-0.39, 0.29) is 5.75 Å². The third-order valence-corrected chi connectivity index (χ3v) is 3.02. The predicted molar refractivity (Wildman–Crippen MR) is 65.2 cm³/mol. The first-order valence-electron chi connectivity index (χ1n) is 5.86. The molecule has 1 saturated heterocycles. The number of ether oxygens (including phenoxy) is 2. The Morgan fingerprint density at radius 3 is 2.47 bits per heavy atom. The molecule has 0 bridgehead atoms. The summed E-state index contributed by atoms with van der Waals surface area (Å²) < 4.78 is 10.4. The molecular weight excluding hydrogens is 254 g/mol. The normalized spacial score (nSPS) is 35.1. The number of aliphatic hydroxyl groups is 4. The lowest BCUT2D eigenvalue weighted by molar-refractivity contribution is -0.280. The van der Waals surface area contributed by atoms with E-state index >= 15 is 0 Å². The van der Waals surface area contributed by atoms with Gasteiger partial charge in [0, 0.05) is 0 Å². The highest BCUT2D eigenvalue weighted by Crippen LogP contribution is 2.27. The first-order chi connectivity index (χ1) is 9.04. The van der Waals surface area contributed by atoms with Gasteiger partial charge in [0.05, 0.1) is 12.3 Å². The molecule has 1 heterocycles. The molecule has 2 rings (SSSR count). The van der Waals surface area contributed by atoms with Crippen LogP contribution in [0.15, 0.2) is 24.3 Å². The van der Waals surface area contributed by atoms with Gasteiger partial charge in [-0.05, 0) is 12.1 Å². The summed E-state index contributed by atoms with van der Waals surface area (Å²) in [6.07, 6.45) is -6.49. The molecule has 0 aliphatic carbocycles. The third-order valence-electron chi connectivity index (χ3n) is 3.02. The first-order valence-corrected chi connectivity index (χ1v) is 5.86. The van der Waals surface area contributed by atoms with E-state index in [1.165, 1.54) is 0 Å². The van der Waals surface area contributed by atoms with E-state index in [0.717, 1.165) is 0 Å². The number of hydrogen-bond donors (Lipinski definition) is 5. The average Bonchev–Trinajstić information content (AvgIpc) is 2.41. The van der Waals surface area contributed by atoms with E-state index in [2.05, 4.69) is 0 Å². The Hall–Kier alpha value is -1.38. The summed E-state index contributed by atoms with van der Waals surface area (Å²) in [6.45, 7) is -0.518. The minimum absolute atomic E-state index is 0.267. The van der Waals surface area contributed by atoms with Crippen molar-refractivity contribution in [1.82, 2.24) is 0 Å². The van der Waals surface area contributed by atoms with Gasteiger partial charge in [-0.3, -0.25) is 0 Å². The molecule has 1 aliphatic rings. The van der Waals surface area contributed by atoms with Crippen LogP contribution in [0.1, 0.15) is 0 Å². The molecule has 7 nitrogen and oxygen atoms in total. The van der Waals surface area contributed by atoms with Crippen LogP contribution in [0.2, 0.25) is 0 Å². The fourth-order valence-corrected chi connectivity index (χ4v) is 1.93. The lowest BCUT2D eigenvalue weighted by atomic mass is 9.99. The summed E-state index contributed by atoms with van der Waals surface area (Å²) in [7, 11) is 0. The summed E-state index contributed by atoms with van der Waals surface area (Å²) in [5.74, 6) is 0.267. The predicted octanol–water partition coefficient (Wildman–Crippen LogP) is -1.55. The number of hydrogen-bond acceptors (Lipinski definition) is 7. The molecule has 5 atom stereocenters. The Bertz CT molecular complexity index is 428. The number of nitrogen functional groups attached to an aromatic ring is 1. The maximum absolute atomic E-state index is 9.89. The Kier molecular flexibility index (Phi) is 4.23.